The van der Waals surface area contributed by atoms with Crippen molar-refractivity contribution >= 4 is 17.3 Å². The minimum absolute atomic E-state index is 0.119. The third-order valence-electron chi connectivity index (χ3n) is 6.57. The molecule has 4 heterocycles. The van der Waals surface area contributed by atoms with Gasteiger partial charge in [0.15, 0.2) is 11.5 Å². The van der Waals surface area contributed by atoms with E-state index in [-0.39, 0.29) is 12.7 Å². The van der Waals surface area contributed by atoms with Gasteiger partial charge in [-0.05, 0) is 48.5 Å². The second kappa shape index (κ2) is 8.53. The van der Waals surface area contributed by atoms with Crippen molar-refractivity contribution in [3.63, 3.8) is 0 Å². The Morgan fingerprint density at radius 2 is 1.62 bits per heavy atom. The highest BCUT2D eigenvalue weighted by Gasteiger charge is 2.37. The van der Waals surface area contributed by atoms with Crippen molar-refractivity contribution in [3.8, 4) is 28.4 Å². The lowest BCUT2D eigenvalue weighted by molar-refractivity contribution is 0.0975. The van der Waals surface area contributed by atoms with E-state index < -0.39 is 6.17 Å². The zero-order valence-corrected chi connectivity index (χ0v) is 19.6. The minimum Gasteiger partial charge on any atom is -0.454 e. The Bertz CT molecular complexity index is 1620. The van der Waals surface area contributed by atoms with Gasteiger partial charge in [-0.1, -0.05) is 30.3 Å². The molecule has 2 aliphatic heterocycles. The molecular weight excluding hydrogens is 466 g/mol. The summed E-state index contributed by atoms with van der Waals surface area (Å²) in [7, 11) is 0. The van der Waals surface area contributed by atoms with E-state index in [4.69, 9.17) is 14.6 Å². The summed E-state index contributed by atoms with van der Waals surface area (Å²) >= 11 is 0. The van der Waals surface area contributed by atoms with Gasteiger partial charge in [0.1, 0.15) is 11.9 Å². The van der Waals surface area contributed by atoms with E-state index >= 15 is 0 Å². The Morgan fingerprint density at radius 3 is 2.49 bits per heavy atom. The van der Waals surface area contributed by atoms with Gasteiger partial charge in [0, 0.05) is 41.5 Å². The first-order valence-electron chi connectivity index (χ1n) is 11.9. The molecule has 0 radical (unpaired) electrons. The molecule has 1 amide bonds. The number of nitrogens with zero attached hydrogens (tertiary/aromatic N) is 4. The number of amides is 1. The number of aromatic nitrogens is 3. The van der Waals surface area contributed by atoms with Gasteiger partial charge in [-0.3, -0.25) is 14.7 Å². The number of hydrogen-bond acceptors (Lipinski definition) is 6. The van der Waals surface area contributed by atoms with E-state index in [1.807, 2.05) is 95.8 Å². The monoisotopic (exact) mass is 487 g/mol. The average Bonchev–Trinajstić information content (AvgIpc) is 3.61. The van der Waals surface area contributed by atoms with Crippen LogP contribution in [0.25, 0.3) is 16.9 Å². The molecule has 0 fully saturated rings. The van der Waals surface area contributed by atoms with Crippen LogP contribution in [0, 0.1) is 0 Å². The van der Waals surface area contributed by atoms with E-state index in [0.29, 0.717) is 22.7 Å². The fraction of sp³-hybridized carbons (Fsp3) is 0.0690. The molecule has 1 unspecified atom stereocenters. The van der Waals surface area contributed by atoms with Crippen LogP contribution in [0.4, 0.5) is 11.4 Å². The van der Waals surface area contributed by atoms with Crippen molar-refractivity contribution in [2.75, 3.05) is 17.0 Å². The fourth-order valence-electron chi connectivity index (χ4n) is 4.81. The standard InChI is InChI=1S/C29H21N5O3/c35-29-22-8-4-5-9-24(22)31-28(34(29)21-10-11-25-26(16-21)37-18-36-25)23-17-33(20-6-2-1-3-7-20)32-27(23)19-12-14-30-15-13-19/h1-17,28,31H,18H2. The predicted molar refractivity (Wildman–Crippen MR) is 139 cm³/mol. The second-order valence-corrected chi connectivity index (χ2v) is 8.75. The molecule has 0 bridgehead atoms. The van der Waals surface area contributed by atoms with Gasteiger partial charge in [0.25, 0.3) is 5.91 Å². The zero-order valence-electron chi connectivity index (χ0n) is 19.6. The van der Waals surface area contributed by atoms with Gasteiger partial charge in [-0.2, -0.15) is 5.10 Å². The van der Waals surface area contributed by atoms with Gasteiger partial charge < -0.3 is 14.8 Å². The molecule has 180 valence electrons. The number of ether oxygens (including phenoxy) is 2. The quantitative estimate of drug-likeness (QED) is 0.364. The molecule has 2 aromatic heterocycles. The van der Waals surface area contributed by atoms with Gasteiger partial charge in [0.05, 0.1) is 16.9 Å². The van der Waals surface area contributed by atoms with Crippen molar-refractivity contribution in [2.45, 2.75) is 6.17 Å². The van der Waals surface area contributed by atoms with Crippen molar-refractivity contribution in [1.82, 2.24) is 14.8 Å². The first kappa shape index (κ1) is 21.2. The number of benzene rings is 3. The smallest absolute Gasteiger partial charge is 0.262 e. The van der Waals surface area contributed by atoms with Crippen molar-refractivity contribution < 1.29 is 14.3 Å². The van der Waals surface area contributed by atoms with Crippen molar-refractivity contribution in [2.24, 2.45) is 0 Å². The van der Waals surface area contributed by atoms with Crippen LogP contribution in [0.1, 0.15) is 22.1 Å². The van der Waals surface area contributed by atoms with Gasteiger partial charge in [-0.25, -0.2) is 4.68 Å². The third kappa shape index (κ3) is 3.58. The number of fused-ring (bicyclic) bond motifs is 2. The summed E-state index contributed by atoms with van der Waals surface area (Å²) in [4.78, 5) is 19.9. The topological polar surface area (TPSA) is 81.5 Å². The molecule has 5 aromatic rings. The van der Waals surface area contributed by atoms with Crippen LogP contribution < -0.4 is 19.7 Å². The van der Waals surface area contributed by atoms with E-state index in [1.165, 1.54) is 0 Å². The Labute approximate surface area is 212 Å². The second-order valence-electron chi connectivity index (χ2n) is 8.75. The van der Waals surface area contributed by atoms with Crippen LogP contribution in [0.3, 0.4) is 0 Å². The Morgan fingerprint density at radius 1 is 0.838 bits per heavy atom. The van der Waals surface area contributed by atoms with Crippen LogP contribution >= 0.6 is 0 Å². The van der Waals surface area contributed by atoms with Crippen molar-refractivity contribution in [3.05, 3.63) is 115 Å². The third-order valence-corrected chi connectivity index (χ3v) is 6.57. The van der Waals surface area contributed by atoms with Crippen LogP contribution in [0.15, 0.2) is 104 Å². The Balaban J connectivity index is 1.43. The number of carbonyl (C=O) groups excluding carboxylic acids is 1. The molecule has 1 atom stereocenters. The first-order valence-corrected chi connectivity index (χ1v) is 11.9. The summed E-state index contributed by atoms with van der Waals surface area (Å²) in [5.41, 5.74) is 5.46. The predicted octanol–water partition coefficient (Wildman–Crippen LogP) is 5.43. The maximum Gasteiger partial charge on any atom is 0.262 e. The molecule has 37 heavy (non-hydrogen) atoms. The molecule has 8 heteroatoms. The summed E-state index contributed by atoms with van der Waals surface area (Å²) in [5.74, 6) is 1.15. The number of hydrogen-bond donors (Lipinski definition) is 1. The number of pyridine rings is 1. The van der Waals surface area contributed by atoms with Crippen LogP contribution in [-0.4, -0.2) is 27.5 Å². The van der Waals surface area contributed by atoms with Gasteiger partial charge in [0.2, 0.25) is 6.79 Å². The maximum atomic E-state index is 14.0. The zero-order chi connectivity index (χ0) is 24.8. The fourth-order valence-corrected chi connectivity index (χ4v) is 4.81. The highest BCUT2D eigenvalue weighted by Crippen LogP contribution is 2.43. The van der Waals surface area contributed by atoms with E-state index in [2.05, 4.69) is 10.3 Å². The molecule has 0 saturated carbocycles. The molecule has 7 rings (SSSR count). The largest absolute Gasteiger partial charge is 0.454 e. The molecular formula is C29H21N5O3. The number of carbonyl (C=O) groups is 1. The average molecular weight is 488 g/mol. The Hall–Kier alpha value is -5.11. The molecule has 2 aliphatic rings. The molecule has 0 spiro atoms. The van der Waals surface area contributed by atoms with Crippen LogP contribution in [0.2, 0.25) is 0 Å². The van der Waals surface area contributed by atoms with E-state index in [1.54, 1.807) is 17.3 Å². The normalized spacial score (nSPS) is 15.8. The van der Waals surface area contributed by atoms with E-state index in [0.717, 1.165) is 28.2 Å². The lowest BCUT2D eigenvalue weighted by Crippen LogP contribution is -2.43. The maximum absolute atomic E-state index is 14.0. The number of para-hydroxylation sites is 2. The lowest BCUT2D eigenvalue weighted by Gasteiger charge is -2.38. The van der Waals surface area contributed by atoms with Gasteiger partial charge in [-0.15, -0.1) is 0 Å². The van der Waals surface area contributed by atoms with Gasteiger partial charge >= 0.3 is 0 Å². The van der Waals surface area contributed by atoms with Crippen LogP contribution in [-0.2, 0) is 0 Å². The summed E-state index contributed by atoms with van der Waals surface area (Å²) < 4.78 is 13.0. The SMILES string of the molecule is O=C1c2ccccc2NC(c2cn(-c3ccccc3)nc2-c2ccncc2)N1c1ccc2c(c1)OCO2. The molecule has 0 aliphatic carbocycles. The minimum atomic E-state index is -0.539. The van der Waals surface area contributed by atoms with Crippen LogP contribution in [0.5, 0.6) is 11.5 Å². The number of rotatable bonds is 4. The summed E-state index contributed by atoms with van der Waals surface area (Å²) in [6.45, 7) is 0.160. The molecule has 1 N–H and O–H groups in total. The lowest BCUT2D eigenvalue weighted by atomic mass is 10.0. The molecule has 3 aromatic carbocycles. The Kier molecular flexibility index (Phi) is 4.88. The summed E-state index contributed by atoms with van der Waals surface area (Å²) in [6.07, 6.45) is 4.92. The highest BCUT2D eigenvalue weighted by atomic mass is 16.7. The number of anilines is 2. The molecule has 0 saturated heterocycles. The summed E-state index contributed by atoms with van der Waals surface area (Å²) in [5, 5.41) is 8.56. The highest BCUT2D eigenvalue weighted by molar-refractivity contribution is 6.12. The van der Waals surface area contributed by atoms with Crippen molar-refractivity contribution in [1.29, 1.82) is 0 Å². The first-order chi connectivity index (χ1) is 18.3. The summed E-state index contributed by atoms with van der Waals surface area (Å²) in [6, 6.07) is 26.8. The molecule has 8 nitrogen and oxygen atoms in total. The number of nitrogens with one attached hydrogen (secondary N) is 1. The van der Waals surface area contributed by atoms with E-state index in [9.17, 15) is 4.79 Å².